The molecule has 1 aromatic rings. The largest absolute Gasteiger partial charge is 0.489 e. The summed E-state index contributed by atoms with van der Waals surface area (Å²) in [4.78, 5) is 0. The monoisotopic (exact) mass is 236 g/mol. The van der Waals surface area contributed by atoms with Crippen LogP contribution in [0.1, 0.15) is 26.7 Å². The molecule has 1 aromatic carbocycles. The molecule has 0 aromatic heterocycles. The summed E-state index contributed by atoms with van der Waals surface area (Å²) in [5, 5.41) is 6.43. The van der Waals surface area contributed by atoms with E-state index in [0.29, 0.717) is 6.10 Å². The van der Waals surface area contributed by atoms with Crippen LogP contribution in [0.15, 0.2) is 24.3 Å². The zero-order valence-corrected chi connectivity index (χ0v) is 11.1. The average Bonchev–Trinajstić information content (AvgIpc) is 2.43. The highest BCUT2D eigenvalue weighted by molar-refractivity contribution is 5.45. The minimum absolute atomic E-state index is 0.333. The predicted molar refractivity (Wildman–Crippen MR) is 73.9 cm³/mol. The van der Waals surface area contributed by atoms with Gasteiger partial charge in [0, 0.05) is 19.3 Å². The Hall–Kier alpha value is -1.22. The maximum absolute atomic E-state index is 5.86. The molecule has 1 aliphatic heterocycles. The maximum Gasteiger partial charge on any atom is 0.119 e. The fraction of sp³-hybridized carbons (Fsp3) is 0.571. The van der Waals surface area contributed by atoms with Crippen LogP contribution in [0.3, 0.4) is 0 Å². The van der Waals surface area contributed by atoms with Crippen molar-refractivity contribution in [1.29, 1.82) is 0 Å². The maximum atomic E-state index is 5.86. The molecule has 0 aliphatic carbocycles. The first-order valence-electron chi connectivity index (χ1n) is 6.53. The Balaban J connectivity index is 0.000000686. The molecule has 0 amide bonds. The Labute approximate surface area is 105 Å². The standard InChI is InChI=1S/C12H18N2O.C2H6/c1-13-10-4-6-11(7-5-10)15-12-3-2-8-14-9-12;1-2/h4-7,12-14H,2-3,8-9H2,1H3;1-2H3. The van der Waals surface area contributed by atoms with Crippen molar-refractivity contribution in [3.63, 3.8) is 0 Å². The highest BCUT2D eigenvalue weighted by Gasteiger charge is 2.13. The number of nitrogens with one attached hydrogen (secondary N) is 2. The van der Waals surface area contributed by atoms with Gasteiger partial charge in [0.2, 0.25) is 0 Å². The van der Waals surface area contributed by atoms with Crippen LogP contribution in [-0.4, -0.2) is 26.2 Å². The van der Waals surface area contributed by atoms with Crippen molar-refractivity contribution in [2.45, 2.75) is 32.8 Å². The summed E-state index contributed by atoms with van der Waals surface area (Å²) in [6.07, 6.45) is 2.69. The van der Waals surface area contributed by atoms with E-state index in [1.807, 2.05) is 45.2 Å². The summed E-state index contributed by atoms with van der Waals surface area (Å²) in [6.45, 7) is 6.09. The van der Waals surface area contributed by atoms with Crippen molar-refractivity contribution in [2.24, 2.45) is 0 Å². The van der Waals surface area contributed by atoms with Gasteiger partial charge in [-0.2, -0.15) is 0 Å². The number of ether oxygens (including phenoxy) is 1. The summed E-state index contributed by atoms with van der Waals surface area (Å²) in [6, 6.07) is 8.10. The van der Waals surface area contributed by atoms with Gasteiger partial charge in [-0.05, 0) is 43.7 Å². The van der Waals surface area contributed by atoms with E-state index < -0.39 is 0 Å². The molecule has 2 rings (SSSR count). The van der Waals surface area contributed by atoms with Gasteiger partial charge in [-0.3, -0.25) is 0 Å². The van der Waals surface area contributed by atoms with Crippen LogP contribution in [-0.2, 0) is 0 Å². The summed E-state index contributed by atoms with van der Waals surface area (Å²) >= 11 is 0. The molecule has 1 saturated heterocycles. The highest BCUT2D eigenvalue weighted by atomic mass is 16.5. The Morgan fingerprint density at radius 1 is 1.24 bits per heavy atom. The minimum Gasteiger partial charge on any atom is -0.489 e. The lowest BCUT2D eigenvalue weighted by molar-refractivity contribution is 0.167. The van der Waals surface area contributed by atoms with Crippen molar-refractivity contribution in [1.82, 2.24) is 5.32 Å². The molecular weight excluding hydrogens is 212 g/mol. The lowest BCUT2D eigenvalue weighted by Gasteiger charge is -2.23. The zero-order valence-electron chi connectivity index (χ0n) is 11.1. The molecular formula is C14H24N2O. The van der Waals surface area contributed by atoms with Crippen LogP contribution in [0, 0.1) is 0 Å². The van der Waals surface area contributed by atoms with Crippen molar-refractivity contribution >= 4 is 5.69 Å². The second-order valence-electron chi connectivity index (χ2n) is 3.86. The molecule has 17 heavy (non-hydrogen) atoms. The first kappa shape index (κ1) is 13.8. The molecule has 1 aliphatic rings. The fourth-order valence-electron chi connectivity index (χ4n) is 1.81. The zero-order chi connectivity index (χ0) is 12.5. The summed E-state index contributed by atoms with van der Waals surface area (Å²) in [5.74, 6) is 0.961. The van der Waals surface area contributed by atoms with E-state index >= 15 is 0 Å². The summed E-state index contributed by atoms with van der Waals surface area (Å²) in [5.41, 5.74) is 1.11. The molecule has 3 heteroatoms. The Kier molecular flexibility index (Phi) is 6.48. The molecule has 1 atom stereocenters. The van der Waals surface area contributed by atoms with Crippen LogP contribution < -0.4 is 15.4 Å². The van der Waals surface area contributed by atoms with Gasteiger partial charge in [-0.25, -0.2) is 0 Å². The smallest absolute Gasteiger partial charge is 0.119 e. The van der Waals surface area contributed by atoms with E-state index in [0.717, 1.165) is 30.9 Å². The van der Waals surface area contributed by atoms with Crippen molar-refractivity contribution in [3.8, 4) is 5.75 Å². The topological polar surface area (TPSA) is 33.3 Å². The van der Waals surface area contributed by atoms with Crippen molar-refractivity contribution in [2.75, 3.05) is 25.5 Å². The van der Waals surface area contributed by atoms with Gasteiger partial charge in [0.25, 0.3) is 0 Å². The summed E-state index contributed by atoms with van der Waals surface area (Å²) < 4.78 is 5.86. The second-order valence-corrected chi connectivity index (χ2v) is 3.86. The number of hydrogen-bond acceptors (Lipinski definition) is 3. The van der Waals surface area contributed by atoms with E-state index in [2.05, 4.69) is 10.6 Å². The molecule has 1 heterocycles. The molecule has 2 N–H and O–H groups in total. The van der Waals surface area contributed by atoms with Crippen LogP contribution in [0.4, 0.5) is 5.69 Å². The van der Waals surface area contributed by atoms with Gasteiger partial charge in [-0.15, -0.1) is 0 Å². The Morgan fingerprint density at radius 2 is 1.94 bits per heavy atom. The average molecular weight is 236 g/mol. The molecule has 0 bridgehead atoms. The molecule has 0 radical (unpaired) electrons. The minimum atomic E-state index is 0.333. The van der Waals surface area contributed by atoms with Crippen LogP contribution in [0.5, 0.6) is 5.75 Å². The predicted octanol–water partition coefficient (Wildman–Crippen LogP) is 2.89. The number of benzene rings is 1. The molecule has 0 spiro atoms. The van der Waals surface area contributed by atoms with Crippen LogP contribution in [0.2, 0.25) is 0 Å². The Bertz CT molecular complexity index is 292. The first-order chi connectivity index (χ1) is 8.38. The second kappa shape index (κ2) is 7.96. The lowest BCUT2D eigenvalue weighted by Crippen LogP contribution is -2.37. The van der Waals surface area contributed by atoms with E-state index in [-0.39, 0.29) is 0 Å². The van der Waals surface area contributed by atoms with E-state index in [1.54, 1.807) is 0 Å². The molecule has 1 unspecified atom stereocenters. The third-order valence-corrected chi connectivity index (χ3v) is 2.70. The number of hydrogen-bond donors (Lipinski definition) is 2. The number of anilines is 1. The lowest BCUT2D eigenvalue weighted by atomic mass is 10.1. The van der Waals surface area contributed by atoms with Gasteiger partial charge >= 0.3 is 0 Å². The fourth-order valence-corrected chi connectivity index (χ4v) is 1.81. The quantitative estimate of drug-likeness (QED) is 0.846. The van der Waals surface area contributed by atoms with E-state index in [1.165, 1.54) is 6.42 Å². The molecule has 3 nitrogen and oxygen atoms in total. The van der Waals surface area contributed by atoms with E-state index in [4.69, 9.17) is 4.74 Å². The van der Waals surface area contributed by atoms with E-state index in [9.17, 15) is 0 Å². The van der Waals surface area contributed by atoms with Gasteiger partial charge < -0.3 is 15.4 Å². The molecule has 0 saturated carbocycles. The van der Waals surface area contributed by atoms with Crippen molar-refractivity contribution in [3.05, 3.63) is 24.3 Å². The van der Waals surface area contributed by atoms with Crippen molar-refractivity contribution < 1.29 is 4.74 Å². The summed E-state index contributed by atoms with van der Waals surface area (Å²) in [7, 11) is 1.92. The highest BCUT2D eigenvalue weighted by Crippen LogP contribution is 2.18. The first-order valence-corrected chi connectivity index (χ1v) is 6.53. The SMILES string of the molecule is CC.CNc1ccc(OC2CCCNC2)cc1. The van der Waals surface area contributed by atoms with Gasteiger partial charge in [-0.1, -0.05) is 13.8 Å². The van der Waals surface area contributed by atoms with Crippen LogP contribution >= 0.6 is 0 Å². The van der Waals surface area contributed by atoms with Gasteiger partial charge in [0.15, 0.2) is 0 Å². The van der Waals surface area contributed by atoms with Gasteiger partial charge in [0.05, 0.1) is 0 Å². The number of rotatable bonds is 3. The Morgan fingerprint density at radius 3 is 2.47 bits per heavy atom. The van der Waals surface area contributed by atoms with Gasteiger partial charge in [0.1, 0.15) is 11.9 Å². The number of piperidine rings is 1. The van der Waals surface area contributed by atoms with Crippen LogP contribution in [0.25, 0.3) is 0 Å². The normalized spacial score (nSPS) is 18.9. The molecule has 96 valence electrons. The third-order valence-electron chi connectivity index (χ3n) is 2.70. The molecule has 1 fully saturated rings. The third kappa shape index (κ3) is 4.65.